The fraction of sp³-hybridized carbons (Fsp3) is 0.429. The van der Waals surface area contributed by atoms with Crippen LogP contribution in [-0.2, 0) is 10.0 Å². The zero-order valence-electron chi connectivity index (χ0n) is 12.0. The van der Waals surface area contributed by atoms with Crippen LogP contribution in [0.1, 0.15) is 18.9 Å². The van der Waals surface area contributed by atoms with Crippen LogP contribution in [0.3, 0.4) is 0 Å². The van der Waals surface area contributed by atoms with Gasteiger partial charge in [0.25, 0.3) is 0 Å². The Bertz CT molecular complexity index is 648. The molecule has 1 rings (SSSR count). The van der Waals surface area contributed by atoms with E-state index in [9.17, 15) is 17.9 Å². The van der Waals surface area contributed by atoms with Gasteiger partial charge >= 0.3 is 0 Å². The number of aliphatic hydroxyl groups excluding tert-OH is 1. The number of aliphatic hydroxyl groups is 1. The molecule has 0 fully saturated rings. The predicted octanol–water partition coefficient (Wildman–Crippen LogP) is 0.527. The summed E-state index contributed by atoms with van der Waals surface area (Å²) in [4.78, 5) is -0.147. The summed E-state index contributed by atoms with van der Waals surface area (Å²) >= 11 is 0. The number of nitrogens with two attached hydrogens (primary N) is 1. The van der Waals surface area contributed by atoms with Gasteiger partial charge in [0.15, 0.2) is 0 Å². The van der Waals surface area contributed by atoms with E-state index in [1.54, 1.807) is 6.92 Å². The molecule has 0 aromatic heterocycles. The predicted molar refractivity (Wildman–Crippen MR) is 78.4 cm³/mol. The third-order valence-electron chi connectivity index (χ3n) is 2.84. The molecule has 0 amide bonds. The minimum Gasteiger partial charge on any atom is -0.393 e. The van der Waals surface area contributed by atoms with Crippen LogP contribution in [0.25, 0.3) is 0 Å². The molecular weight excluding hydrogens is 295 g/mol. The first-order chi connectivity index (χ1) is 9.78. The van der Waals surface area contributed by atoms with E-state index < -0.39 is 21.9 Å². The molecule has 7 heteroatoms. The van der Waals surface area contributed by atoms with Crippen LogP contribution < -0.4 is 5.73 Å². The van der Waals surface area contributed by atoms with Crippen molar-refractivity contribution in [2.24, 2.45) is 5.73 Å². The molecule has 0 heterocycles. The first kappa shape index (κ1) is 17.6. The van der Waals surface area contributed by atoms with Crippen LogP contribution in [0.2, 0.25) is 0 Å². The molecule has 0 radical (unpaired) electrons. The van der Waals surface area contributed by atoms with Crippen LogP contribution in [0, 0.1) is 17.7 Å². The minimum atomic E-state index is -3.79. The number of halogens is 1. The van der Waals surface area contributed by atoms with Gasteiger partial charge in [0.2, 0.25) is 10.0 Å². The molecule has 1 atom stereocenters. The van der Waals surface area contributed by atoms with Crippen LogP contribution in [0.15, 0.2) is 23.1 Å². The number of hydrogen-bond acceptors (Lipinski definition) is 4. The largest absolute Gasteiger partial charge is 0.393 e. The molecule has 3 N–H and O–H groups in total. The lowest BCUT2D eigenvalue weighted by molar-refractivity contribution is 0.177. The highest BCUT2D eigenvalue weighted by atomic mass is 32.2. The molecule has 0 spiro atoms. The molecule has 0 aliphatic heterocycles. The van der Waals surface area contributed by atoms with Gasteiger partial charge in [0.1, 0.15) is 5.82 Å². The molecule has 0 aliphatic carbocycles. The van der Waals surface area contributed by atoms with Crippen molar-refractivity contribution >= 4 is 10.0 Å². The Labute approximate surface area is 124 Å². The van der Waals surface area contributed by atoms with E-state index in [1.165, 1.54) is 19.2 Å². The van der Waals surface area contributed by atoms with Gasteiger partial charge in [0, 0.05) is 13.6 Å². The van der Waals surface area contributed by atoms with Crippen molar-refractivity contribution in [2.75, 3.05) is 20.1 Å². The van der Waals surface area contributed by atoms with E-state index in [1.807, 2.05) is 0 Å². The monoisotopic (exact) mass is 314 g/mol. The second-order valence-electron chi connectivity index (χ2n) is 4.61. The van der Waals surface area contributed by atoms with E-state index in [2.05, 4.69) is 11.8 Å². The first-order valence-corrected chi connectivity index (χ1v) is 7.86. The second-order valence-corrected chi connectivity index (χ2v) is 6.66. The minimum absolute atomic E-state index is 0.0988. The maximum atomic E-state index is 13.8. The van der Waals surface area contributed by atoms with Gasteiger partial charge in [0.05, 0.1) is 23.1 Å². The lowest BCUT2D eigenvalue weighted by Crippen LogP contribution is -2.29. The summed E-state index contributed by atoms with van der Waals surface area (Å²) in [5, 5.41) is 9.19. The number of rotatable bonds is 5. The standard InChI is InChI=1S/C14H19FN2O3S/c1-11(18)7-9-17(2)21(19,20)13-6-5-12(4-3-8-16)14(15)10-13/h5-6,10-11,18H,7-9,16H2,1-2H3. The lowest BCUT2D eigenvalue weighted by Gasteiger charge is -2.18. The molecule has 0 bridgehead atoms. The summed E-state index contributed by atoms with van der Waals surface area (Å²) in [6, 6.07) is 3.56. The normalized spacial score (nSPS) is 12.9. The topological polar surface area (TPSA) is 83.6 Å². The summed E-state index contributed by atoms with van der Waals surface area (Å²) in [7, 11) is -2.40. The van der Waals surface area contributed by atoms with Crippen molar-refractivity contribution in [3.05, 3.63) is 29.6 Å². The highest BCUT2D eigenvalue weighted by molar-refractivity contribution is 7.89. The molecule has 1 unspecified atom stereocenters. The Hall–Kier alpha value is -1.46. The maximum Gasteiger partial charge on any atom is 0.242 e. The molecule has 1 aromatic rings. The van der Waals surface area contributed by atoms with Crippen molar-refractivity contribution < 1.29 is 17.9 Å². The number of sulfonamides is 1. The second kappa shape index (κ2) is 7.52. The summed E-state index contributed by atoms with van der Waals surface area (Å²) in [5.74, 6) is 4.33. The Morgan fingerprint density at radius 1 is 1.48 bits per heavy atom. The van der Waals surface area contributed by atoms with Crippen LogP contribution in [0.5, 0.6) is 0 Å². The van der Waals surface area contributed by atoms with E-state index in [0.717, 1.165) is 10.4 Å². The van der Waals surface area contributed by atoms with Gasteiger partial charge in [-0.15, -0.1) is 0 Å². The SMILES string of the molecule is CC(O)CCN(C)S(=O)(=O)c1ccc(C#CCN)c(F)c1. The Morgan fingerprint density at radius 2 is 2.14 bits per heavy atom. The van der Waals surface area contributed by atoms with Gasteiger partial charge in [-0.05, 0) is 31.5 Å². The Morgan fingerprint density at radius 3 is 2.67 bits per heavy atom. The number of hydrogen-bond donors (Lipinski definition) is 2. The molecule has 0 saturated carbocycles. The fourth-order valence-electron chi connectivity index (χ4n) is 1.57. The van der Waals surface area contributed by atoms with Crippen molar-refractivity contribution in [1.29, 1.82) is 0 Å². The van der Waals surface area contributed by atoms with Gasteiger partial charge < -0.3 is 10.8 Å². The zero-order valence-corrected chi connectivity index (χ0v) is 12.8. The molecule has 21 heavy (non-hydrogen) atoms. The van der Waals surface area contributed by atoms with E-state index >= 15 is 0 Å². The fourth-order valence-corrected chi connectivity index (χ4v) is 2.77. The van der Waals surface area contributed by atoms with Gasteiger partial charge in [-0.1, -0.05) is 11.8 Å². The third kappa shape index (κ3) is 4.79. The Balaban J connectivity index is 3.01. The van der Waals surface area contributed by atoms with Crippen molar-refractivity contribution in [3.63, 3.8) is 0 Å². The van der Waals surface area contributed by atoms with Crippen molar-refractivity contribution in [1.82, 2.24) is 4.31 Å². The number of benzene rings is 1. The first-order valence-electron chi connectivity index (χ1n) is 6.42. The van der Waals surface area contributed by atoms with E-state index in [4.69, 9.17) is 5.73 Å². The summed E-state index contributed by atoms with van der Waals surface area (Å²) in [6.45, 7) is 1.82. The van der Waals surface area contributed by atoms with Crippen LogP contribution in [0.4, 0.5) is 4.39 Å². The molecule has 116 valence electrons. The quantitative estimate of drug-likeness (QED) is 0.777. The maximum absolute atomic E-state index is 13.8. The van der Waals surface area contributed by atoms with Crippen molar-refractivity contribution in [3.8, 4) is 11.8 Å². The summed E-state index contributed by atoms with van der Waals surface area (Å²) in [5.41, 5.74) is 5.31. The molecular formula is C14H19FN2O3S. The molecule has 0 aliphatic rings. The Kier molecular flexibility index (Phi) is 6.30. The molecule has 0 saturated heterocycles. The third-order valence-corrected chi connectivity index (χ3v) is 4.69. The average molecular weight is 314 g/mol. The van der Waals surface area contributed by atoms with Crippen LogP contribution >= 0.6 is 0 Å². The van der Waals surface area contributed by atoms with E-state index in [-0.39, 0.29) is 23.5 Å². The smallest absolute Gasteiger partial charge is 0.242 e. The molecule has 5 nitrogen and oxygen atoms in total. The summed E-state index contributed by atoms with van der Waals surface area (Å²) < 4.78 is 39.4. The summed E-state index contributed by atoms with van der Waals surface area (Å²) in [6.07, 6.45) is -0.300. The highest BCUT2D eigenvalue weighted by Crippen LogP contribution is 2.18. The van der Waals surface area contributed by atoms with Gasteiger partial charge in [-0.3, -0.25) is 0 Å². The lowest BCUT2D eigenvalue weighted by atomic mass is 10.2. The average Bonchev–Trinajstić information content (AvgIpc) is 2.43. The van der Waals surface area contributed by atoms with Crippen LogP contribution in [-0.4, -0.2) is 44.1 Å². The highest BCUT2D eigenvalue weighted by Gasteiger charge is 2.22. The van der Waals surface area contributed by atoms with E-state index in [0.29, 0.717) is 6.42 Å². The van der Waals surface area contributed by atoms with Gasteiger partial charge in [-0.25, -0.2) is 17.1 Å². The number of nitrogens with zero attached hydrogens (tertiary/aromatic N) is 1. The molecule has 1 aromatic carbocycles. The van der Waals surface area contributed by atoms with Crippen molar-refractivity contribution in [2.45, 2.75) is 24.3 Å². The van der Waals surface area contributed by atoms with Gasteiger partial charge in [-0.2, -0.15) is 0 Å². The zero-order chi connectivity index (χ0) is 16.0.